The second-order valence-electron chi connectivity index (χ2n) is 4.29. The van der Waals surface area contributed by atoms with E-state index in [1.54, 1.807) is 0 Å². The number of hydrogen-bond donors (Lipinski definition) is 3. The van der Waals surface area contributed by atoms with Crippen molar-refractivity contribution in [2.45, 2.75) is 32.7 Å². The van der Waals surface area contributed by atoms with Crippen molar-refractivity contribution in [3.8, 4) is 0 Å². The minimum Gasteiger partial charge on any atom is -0.478 e. The number of carboxylic acids is 1. The monoisotopic (exact) mass is 284 g/mol. The van der Waals surface area contributed by atoms with Crippen molar-refractivity contribution in [1.82, 2.24) is 5.32 Å². The molecule has 3 N–H and O–H groups in total. The number of carboxylic acid groups (broad SMARTS) is 1. The molecule has 6 heteroatoms. The van der Waals surface area contributed by atoms with E-state index >= 15 is 0 Å². The highest BCUT2D eigenvalue weighted by Gasteiger charge is 2.10. The van der Waals surface area contributed by atoms with Crippen LogP contribution < -0.4 is 10.6 Å². The summed E-state index contributed by atoms with van der Waals surface area (Å²) in [6, 6.07) is 3.87. The van der Waals surface area contributed by atoms with Gasteiger partial charge in [-0.15, -0.1) is 0 Å². The summed E-state index contributed by atoms with van der Waals surface area (Å²) in [5.74, 6) is -1.06. The molecule has 19 heavy (non-hydrogen) atoms. The zero-order valence-corrected chi connectivity index (χ0v) is 11.6. The molecule has 0 heterocycles. The number of carbonyl (C=O) groups is 2. The van der Waals surface area contributed by atoms with E-state index in [0.29, 0.717) is 5.69 Å². The summed E-state index contributed by atoms with van der Waals surface area (Å²) in [5.41, 5.74) is 0.461. The fourth-order valence-corrected chi connectivity index (χ4v) is 1.86. The van der Waals surface area contributed by atoms with Crippen LogP contribution in [0.1, 0.15) is 37.0 Å². The molecule has 0 fully saturated rings. The summed E-state index contributed by atoms with van der Waals surface area (Å²) in [4.78, 5) is 22.4. The Labute approximate surface area is 117 Å². The largest absolute Gasteiger partial charge is 0.478 e. The number of aromatic carboxylic acids is 1. The molecule has 0 aromatic heterocycles. The second-order valence-corrected chi connectivity index (χ2v) is 4.70. The van der Waals surface area contributed by atoms with Gasteiger partial charge in [0.2, 0.25) is 0 Å². The van der Waals surface area contributed by atoms with E-state index in [1.807, 2.05) is 13.8 Å². The predicted octanol–water partition coefficient (Wildman–Crippen LogP) is 3.35. The third-order valence-electron chi connectivity index (χ3n) is 2.56. The van der Waals surface area contributed by atoms with E-state index in [1.165, 1.54) is 18.2 Å². The summed E-state index contributed by atoms with van der Waals surface area (Å²) in [5, 5.41) is 14.4. The molecule has 0 aliphatic heterocycles. The average molecular weight is 285 g/mol. The zero-order chi connectivity index (χ0) is 14.4. The van der Waals surface area contributed by atoms with Crippen LogP contribution >= 0.6 is 11.6 Å². The van der Waals surface area contributed by atoms with Gasteiger partial charge in [-0.3, -0.25) is 0 Å². The Balaban J connectivity index is 2.67. The smallest absolute Gasteiger partial charge is 0.335 e. The molecule has 0 saturated heterocycles. The number of carbonyl (C=O) groups excluding carboxylic acids is 1. The van der Waals surface area contributed by atoms with E-state index < -0.39 is 5.97 Å². The quantitative estimate of drug-likeness (QED) is 0.776. The topological polar surface area (TPSA) is 78.4 Å². The third kappa shape index (κ3) is 4.79. The van der Waals surface area contributed by atoms with E-state index in [9.17, 15) is 9.59 Å². The molecule has 2 amide bonds. The molecule has 1 aromatic carbocycles. The van der Waals surface area contributed by atoms with Crippen molar-refractivity contribution in [1.29, 1.82) is 0 Å². The number of rotatable bonds is 5. The van der Waals surface area contributed by atoms with Crippen molar-refractivity contribution < 1.29 is 14.7 Å². The van der Waals surface area contributed by atoms with Gasteiger partial charge in [0.25, 0.3) is 0 Å². The second kappa shape index (κ2) is 6.99. The van der Waals surface area contributed by atoms with Crippen LogP contribution in [0.4, 0.5) is 10.5 Å². The third-order valence-corrected chi connectivity index (χ3v) is 2.88. The number of nitrogens with one attached hydrogen (secondary N) is 2. The van der Waals surface area contributed by atoms with Gasteiger partial charge in [0.05, 0.1) is 16.3 Å². The first-order valence-electron chi connectivity index (χ1n) is 6.04. The minimum atomic E-state index is -1.06. The average Bonchev–Trinajstić information content (AvgIpc) is 2.31. The van der Waals surface area contributed by atoms with Crippen molar-refractivity contribution in [2.24, 2.45) is 0 Å². The highest BCUT2D eigenvalue weighted by atomic mass is 35.5. The summed E-state index contributed by atoms with van der Waals surface area (Å²) >= 11 is 5.91. The molecule has 0 spiro atoms. The lowest BCUT2D eigenvalue weighted by Gasteiger charge is -2.14. The van der Waals surface area contributed by atoms with Crippen LogP contribution in [-0.2, 0) is 0 Å². The summed E-state index contributed by atoms with van der Waals surface area (Å²) in [7, 11) is 0. The molecule has 0 bridgehead atoms. The van der Waals surface area contributed by atoms with Gasteiger partial charge in [-0.2, -0.15) is 0 Å². The Bertz CT molecular complexity index is 477. The van der Waals surface area contributed by atoms with Gasteiger partial charge in [-0.05, 0) is 31.5 Å². The fraction of sp³-hybridized carbons (Fsp3) is 0.385. The summed E-state index contributed by atoms with van der Waals surface area (Å²) in [6.07, 6.45) is 1.87. The van der Waals surface area contributed by atoms with Crippen LogP contribution in [0.5, 0.6) is 0 Å². The Hall–Kier alpha value is -1.75. The molecule has 0 saturated carbocycles. The molecule has 1 aromatic rings. The Morgan fingerprint density at radius 3 is 2.63 bits per heavy atom. The molecule has 0 radical (unpaired) electrons. The first kappa shape index (κ1) is 15.3. The SMILES string of the molecule is CCCC(C)NC(=O)Nc1ccc(C(=O)O)cc1Cl. The maximum atomic E-state index is 11.7. The molecule has 1 rings (SSSR count). The van der Waals surface area contributed by atoms with Crippen molar-refractivity contribution in [3.63, 3.8) is 0 Å². The van der Waals surface area contributed by atoms with E-state index in [4.69, 9.17) is 16.7 Å². The lowest BCUT2D eigenvalue weighted by molar-refractivity contribution is 0.0697. The van der Waals surface area contributed by atoms with Gasteiger partial charge in [-0.1, -0.05) is 24.9 Å². The number of hydrogen-bond acceptors (Lipinski definition) is 2. The molecule has 0 aliphatic rings. The summed E-state index contributed by atoms with van der Waals surface area (Å²) < 4.78 is 0. The van der Waals surface area contributed by atoms with E-state index in [2.05, 4.69) is 10.6 Å². The molecule has 0 aliphatic carbocycles. The van der Waals surface area contributed by atoms with E-state index in [-0.39, 0.29) is 22.7 Å². The number of halogens is 1. The van der Waals surface area contributed by atoms with Crippen LogP contribution in [0.2, 0.25) is 5.02 Å². The standard InChI is InChI=1S/C13H17ClN2O3/c1-3-4-8(2)15-13(19)16-11-6-5-9(12(17)18)7-10(11)14/h5-8H,3-4H2,1-2H3,(H,17,18)(H2,15,16,19). The number of urea groups is 1. The summed E-state index contributed by atoms with van der Waals surface area (Å²) in [6.45, 7) is 3.95. The Kier molecular flexibility index (Phi) is 5.63. The Morgan fingerprint density at radius 1 is 1.42 bits per heavy atom. The first-order valence-corrected chi connectivity index (χ1v) is 6.42. The van der Waals surface area contributed by atoms with Crippen LogP contribution in [0.15, 0.2) is 18.2 Å². The zero-order valence-electron chi connectivity index (χ0n) is 10.9. The highest BCUT2D eigenvalue weighted by Crippen LogP contribution is 2.23. The number of amides is 2. The van der Waals surface area contributed by atoms with Gasteiger partial charge >= 0.3 is 12.0 Å². The lowest BCUT2D eigenvalue weighted by atomic mass is 10.2. The van der Waals surface area contributed by atoms with Crippen LogP contribution in [-0.4, -0.2) is 23.1 Å². The number of anilines is 1. The molecule has 1 unspecified atom stereocenters. The van der Waals surface area contributed by atoms with Gasteiger partial charge in [0.15, 0.2) is 0 Å². The molecule has 1 atom stereocenters. The van der Waals surface area contributed by atoms with Crippen LogP contribution in [0.3, 0.4) is 0 Å². The van der Waals surface area contributed by atoms with Gasteiger partial charge in [0.1, 0.15) is 0 Å². The normalized spacial score (nSPS) is 11.7. The number of benzene rings is 1. The maximum absolute atomic E-state index is 11.7. The van der Waals surface area contributed by atoms with Gasteiger partial charge in [-0.25, -0.2) is 9.59 Å². The van der Waals surface area contributed by atoms with Crippen LogP contribution in [0, 0.1) is 0 Å². The van der Waals surface area contributed by atoms with Crippen molar-refractivity contribution in [3.05, 3.63) is 28.8 Å². The first-order chi connectivity index (χ1) is 8.93. The minimum absolute atomic E-state index is 0.0714. The Morgan fingerprint density at radius 2 is 2.11 bits per heavy atom. The van der Waals surface area contributed by atoms with Gasteiger partial charge in [0, 0.05) is 6.04 Å². The van der Waals surface area contributed by atoms with E-state index in [0.717, 1.165) is 12.8 Å². The highest BCUT2D eigenvalue weighted by molar-refractivity contribution is 6.34. The van der Waals surface area contributed by atoms with Crippen molar-refractivity contribution in [2.75, 3.05) is 5.32 Å². The van der Waals surface area contributed by atoms with Crippen LogP contribution in [0.25, 0.3) is 0 Å². The molecule has 104 valence electrons. The molecular weight excluding hydrogens is 268 g/mol. The molecule has 5 nitrogen and oxygen atoms in total. The maximum Gasteiger partial charge on any atom is 0.335 e. The fourth-order valence-electron chi connectivity index (χ4n) is 1.64. The lowest BCUT2D eigenvalue weighted by Crippen LogP contribution is -2.36. The van der Waals surface area contributed by atoms with Gasteiger partial charge < -0.3 is 15.7 Å². The molecular formula is C13H17ClN2O3. The predicted molar refractivity (Wildman–Crippen MR) is 74.9 cm³/mol. The van der Waals surface area contributed by atoms with Crippen molar-refractivity contribution >= 4 is 29.3 Å².